The minimum absolute atomic E-state index is 0. The maximum atomic E-state index is 2.19. The van der Waals surface area contributed by atoms with E-state index in [1.165, 1.54) is 16.3 Å². The molecule has 3 N–H and O–H groups in total. The van der Waals surface area contributed by atoms with Crippen LogP contribution in [0.25, 0.3) is 0 Å². The van der Waals surface area contributed by atoms with Gasteiger partial charge in [-0.15, -0.1) is 0 Å². The van der Waals surface area contributed by atoms with Gasteiger partial charge in [-0.2, -0.15) is 0 Å². The molecule has 0 aromatic heterocycles. The monoisotopic (exact) mass is 77.1 g/mol. The third kappa shape index (κ3) is 96.4. The fourth-order valence-corrected chi connectivity index (χ4v) is 0. The molecule has 0 atom stereocenters. The normalized spacial score (nSPS) is 5.25. The molecule has 0 aromatic rings. The summed E-state index contributed by atoms with van der Waals surface area (Å²) in [7, 11) is 1.37. The summed E-state index contributed by atoms with van der Waals surface area (Å²) in [6.07, 6.45) is 0. The van der Waals surface area contributed by atoms with Crippen LogP contribution in [0.1, 0.15) is 6.92 Å². The predicted molar refractivity (Wildman–Crippen MR) is 25.4 cm³/mol. The lowest BCUT2D eigenvalue weighted by Crippen LogP contribution is -1.41. The molecule has 0 radical (unpaired) electrons. The third-order valence-corrected chi connectivity index (χ3v) is 0. The minimum atomic E-state index is 0. The summed E-state index contributed by atoms with van der Waals surface area (Å²) < 4.78 is 0. The van der Waals surface area contributed by atoms with E-state index in [2.05, 4.69) is 6.92 Å². The lowest BCUT2D eigenvalue weighted by Gasteiger charge is -1.47. The molecule has 0 amide bonds. The molecular weight excluding hydrogens is 66.1 g/mol. The van der Waals surface area contributed by atoms with Gasteiger partial charge in [-0.05, 0) is 0 Å². The van der Waals surface area contributed by atoms with Crippen molar-refractivity contribution in [3.63, 3.8) is 0 Å². The predicted octanol–water partition coefficient (Wildman–Crippen LogP) is -0.0480. The topological polar surface area (TPSA) is 35.0 Å². The highest BCUT2D eigenvalue weighted by Gasteiger charge is 1.36. The van der Waals surface area contributed by atoms with Gasteiger partial charge in [0, 0.05) is 10.2 Å². The van der Waals surface area contributed by atoms with Crippen molar-refractivity contribution in [3.05, 3.63) is 0 Å². The third-order valence-electron chi connectivity index (χ3n) is 0. The van der Waals surface area contributed by atoms with E-state index in [0.29, 0.717) is 0 Å². The number of hydrogen-bond donors (Lipinski definition) is 1. The molecule has 0 fully saturated rings. The van der Waals surface area contributed by atoms with Gasteiger partial charge in [0.2, 0.25) is 0 Å². The molecule has 0 saturated carbocycles. The molecule has 1 nitrogen and oxygen atoms in total. The van der Waals surface area contributed by atoms with E-state index < -0.39 is 0 Å². The first-order chi connectivity index (χ1) is 1.41. The lowest BCUT2D eigenvalue weighted by molar-refractivity contribution is 1.48. The quantitative estimate of drug-likeness (QED) is 0.404. The van der Waals surface area contributed by atoms with Crippen molar-refractivity contribution in [2.75, 3.05) is 0 Å². The highest BCUT2D eigenvalue weighted by atomic mass is 28.1. The van der Waals surface area contributed by atoms with Gasteiger partial charge in [0.1, 0.15) is 0 Å². The fourth-order valence-electron chi connectivity index (χ4n) is 0. The molecule has 0 bridgehead atoms. The average molecular weight is 77.2 g/mol. The lowest BCUT2D eigenvalue weighted by atomic mass is 11.0. The Kier molecular flexibility index (Phi) is 24.2. The van der Waals surface area contributed by atoms with E-state index in [4.69, 9.17) is 0 Å². The van der Waals surface area contributed by atoms with Gasteiger partial charge in [-0.3, -0.25) is 0 Å². The fraction of sp³-hybridized carbons (Fsp3) is 1.00. The summed E-state index contributed by atoms with van der Waals surface area (Å²) in [6.45, 7) is 2.19. The molecule has 0 spiro atoms. The van der Waals surface area contributed by atoms with Gasteiger partial charge in [0.15, 0.2) is 0 Å². The molecule has 0 aliphatic carbocycles. The van der Waals surface area contributed by atoms with Crippen LogP contribution in [0, 0.1) is 0 Å². The Bertz CT molecular complexity index is 6.00. The van der Waals surface area contributed by atoms with Crippen molar-refractivity contribution in [3.8, 4) is 0 Å². The van der Waals surface area contributed by atoms with Gasteiger partial charge in [-0.25, -0.2) is 0 Å². The summed E-state index contributed by atoms with van der Waals surface area (Å²) in [4.78, 5) is 0. The van der Waals surface area contributed by atoms with Crippen molar-refractivity contribution in [1.29, 1.82) is 0 Å². The van der Waals surface area contributed by atoms with E-state index >= 15 is 0 Å². The Balaban J connectivity index is 0. The van der Waals surface area contributed by atoms with Crippen LogP contribution in [0.3, 0.4) is 0 Å². The van der Waals surface area contributed by atoms with E-state index in [9.17, 15) is 0 Å². The summed E-state index contributed by atoms with van der Waals surface area (Å²) in [5, 5.41) is 0. The van der Waals surface area contributed by atoms with Crippen molar-refractivity contribution in [1.82, 2.24) is 6.15 Å². The van der Waals surface area contributed by atoms with Crippen LogP contribution in [0.4, 0.5) is 0 Å². The van der Waals surface area contributed by atoms with Gasteiger partial charge < -0.3 is 6.15 Å². The van der Waals surface area contributed by atoms with E-state index in [-0.39, 0.29) is 6.15 Å². The van der Waals surface area contributed by atoms with Crippen LogP contribution in [-0.4, -0.2) is 10.2 Å². The molecule has 4 heavy (non-hydrogen) atoms. The Morgan fingerprint density at radius 2 is 1.75 bits per heavy atom. The molecule has 0 heterocycles. The van der Waals surface area contributed by atoms with Crippen molar-refractivity contribution < 1.29 is 0 Å². The Hall–Kier alpha value is 0.177. The SMILES string of the molecule is CC[SiH3].N. The number of hydrogen-bond acceptors (Lipinski definition) is 1. The van der Waals surface area contributed by atoms with Gasteiger partial charge >= 0.3 is 0 Å². The van der Waals surface area contributed by atoms with Crippen LogP contribution in [0.2, 0.25) is 6.04 Å². The van der Waals surface area contributed by atoms with Gasteiger partial charge in [0.05, 0.1) is 0 Å². The van der Waals surface area contributed by atoms with Crippen molar-refractivity contribution in [2.45, 2.75) is 13.0 Å². The molecule has 0 aliphatic rings. The Morgan fingerprint density at radius 3 is 1.75 bits per heavy atom. The number of rotatable bonds is 0. The first-order valence-corrected chi connectivity index (χ1v) is 2.83. The summed E-state index contributed by atoms with van der Waals surface area (Å²) >= 11 is 0. The molecule has 0 aliphatic heterocycles. The standard InChI is InChI=1S/C2H8Si.H3N/c1-2-3;/h2H2,1,3H3;1H3. The molecule has 0 rings (SSSR count). The zero-order valence-electron chi connectivity index (χ0n) is 3.41. The zero-order valence-corrected chi connectivity index (χ0v) is 5.41. The maximum absolute atomic E-state index is 2.19. The maximum Gasteiger partial charge on any atom is 0.00244 e. The highest BCUT2D eigenvalue weighted by Crippen LogP contribution is 1.49. The summed E-state index contributed by atoms with van der Waals surface area (Å²) in [5.74, 6) is 0. The summed E-state index contributed by atoms with van der Waals surface area (Å²) in [5.41, 5.74) is 0. The second-order valence-electron chi connectivity index (χ2n) is 0.707. The Morgan fingerprint density at radius 1 is 1.75 bits per heavy atom. The van der Waals surface area contributed by atoms with E-state index in [0.717, 1.165) is 0 Å². The van der Waals surface area contributed by atoms with Crippen LogP contribution >= 0.6 is 0 Å². The summed E-state index contributed by atoms with van der Waals surface area (Å²) in [6, 6.07) is 1.39. The molecule has 0 unspecified atom stereocenters. The molecule has 2 heteroatoms. The van der Waals surface area contributed by atoms with Crippen LogP contribution in [-0.2, 0) is 0 Å². The van der Waals surface area contributed by atoms with Crippen LogP contribution in [0.15, 0.2) is 0 Å². The first kappa shape index (κ1) is 8.90. The average Bonchev–Trinajstić information content (AvgIpc) is 0.918. The largest absolute Gasteiger partial charge is 0.344 e. The van der Waals surface area contributed by atoms with Gasteiger partial charge in [0.25, 0.3) is 0 Å². The Labute approximate surface area is 30.4 Å². The second-order valence-corrected chi connectivity index (χ2v) is 2.12. The highest BCUT2D eigenvalue weighted by molar-refractivity contribution is 6.08. The minimum Gasteiger partial charge on any atom is -0.344 e. The first-order valence-electron chi connectivity index (χ1n) is 1.41. The zero-order chi connectivity index (χ0) is 2.71. The van der Waals surface area contributed by atoms with E-state index in [1.54, 1.807) is 0 Å². The smallest absolute Gasteiger partial charge is 0.00244 e. The van der Waals surface area contributed by atoms with E-state index in [1.807, 2.05) is 0 Å². The molecule has 0 saturated heterocycles. The molecular formula is C2H11NSi. The second kappa shape index (κ2) is 10.9. The van der Waals surface area contributed by atoms with Crippen molar-refractivity contribution >= 4 is 10.2 Å². The van der Waals surface area contributed by atoms with Crippen LogP contribution < -0.4 is 6.15 Å². The van der Waals surface area contributed by atoms with Crippen molar-refractivity contribution in [2.24, 2.45) is 0 Å². The van der Waals surface area contributed by atoms with Gasteiger partial charge in [-0.1, -0.05) is 13.0 Å². The molecule has 28 valence electrons. The van der Waals surface area contributed by atoms with Crippen LogP contribution in [0.5, 0.6) is 0 Å². The molecule has 0 aromatic carbocycles.